The quantitative estimate of drug-likeness (QED) is 0.269. The molecule has 0 aliphatic carbocycles. The van der Waals surface area contributed by atoms with Crippen molar-refractivity contribution < 1.29 is 19.1 Å². The van der Waals surface area contributed by atoms with Crippen LogP contribution in [0.15, 0.2) is 36.7 Å². The van der Waals surface area contributed by atoms with E-state index in [4.69, 9.17) is 9.47 Å². The molecule has 0 amide bonds. The summed E-state index contributed by atoms with van der Waals surface area (Å²) in [6, 6.07) is 7.21. The molecule has 0 unspecified atom stereocenters. The number of hydrogen-bond donors (Lipinski definition) is 1. The van der Waals surface area contributed by atoms with Crippen molar-refractivity contribution in [3.05, 3.63) is 42.2 Å². The van der Waals surface area contributed by atoms with Crippen LogP contribution in [0.5, 0.6) is 0 Å². The molecule has 2 heterocycles. The fraction of sp³-hybridized carbons (Fsp3) is 0.300. The maximum Gasteiger partial charge on any atom is 0.337 e. The monoisotopic (exact) mass is 367 g/mol. The van der Waals surface area contributed by atoms with Gasteiger partial charge in [0.05, 0.1) is 24.8 Å². The predicted molar refractivity (Wildman–Crippen MR) is 103 cm³/mol. The van der Waals surface area contributed by atoms with Crippen LogP contribution in [-0.2, 0) is 14.3 Å². The highest BCUT2D eigenvalue weighted by molar-refractivity contribution is 6.10. The van der Waals surface area contributed by atoms with E-state index in [1.165, 1.54) is 7.11 Å². The molecular formula is C20H21N3O4. The summed E-state index contributed by atoms with van der Waals surface area (Å²) in [6.45, 7) is 1.64. The lowest BCUT2D eigenvalue weighted by atomic mass is 10.1. The molecule has 140 valence electrons. The highest BCUT2D eigenvalue weighted by atomic mass is 16.5. The maximum atomic E-state index is 11.8. The van der Waals surface area contributed by atoms with Crippen LogP contribution in [0, 0.1) is 0 Å². The van der Waals surface area contributed by atoms with E-state index in [-0.39, 0.29) is 0 Å². The van der Waals surface area contributed by atoms with Crippen LogP contribution in [0.1, 0.15) is 23.2 Å². The molecule has 0 saturated heterocycles. The average molecular weight is 367 g/mol. The lowest BCUT2D eigenvalue weighted by Crippen LogP contribution is -2.11. The summed E-state index contributed by atoms with van der Waals surface area (Å²) >= 11 is 0. The number of esters is 1. The van der Waals surface area contributed by atoms with Crippen molar-refractivity contribution in [2.24, 2.45) is 0 Å². The number of hydrogen-bond acceptors (Lipinski definition) is 7. The van der Waals surface area contributed by atoms with E-state index in [2.05, 4.69) is 15.3 Å². The Morgan fingerprint density at radius 3 is 2.89 bits per heavy atom. The summed E-state index contributed by atoms with van der Waals surface area (Å²) in [5.41, 5.74) is 1.14. The molecule has 0 atom stereocenters. The lowest BCUT2D eigenvalue weighted by molar-refractivity contribution is -0.108. The number of unbranched alkanes of at least 4 members (excludes halogenated alkanes) is 1. The molecule has 7 nitrogen and oxygen atoms in total. The zero-order valence-electron chi connectivity index (χ0n) is 15.1. The Morgan fingerprint density at radius 1 is 1.19 bits per heavy atom. The first kappa shape index (κ1) is 18.7. The second kappa shape index (κ2) is 9.05. The first-order chi connectivity index (χ1) is 13.2. The van der Waals surface area contributed by atoms with Gasteiger partial charge >= 0.3 is 5.97 Å². The minimum Gasteiger partial charge on any atom is -0.465 e. The predicted octanol–water partition coefficient (Wildman–Crippen LogP) is 2.98. The van der Waals surface area contributed by atoms with Gasteiger partial charge in [-0.15, -0.1) is 0 Å². The van der Waals surface area contributed by atoms with E-state index in [0.717, 1.165) is 28.9 Å². The van der Waals surface area contributed by atoms with Crippen LogP contribution in [0.4, 0.5) is 5.82 Å². The lowest BCUT2D eigenvalue weighted by Gasteiger charge is -2.12. The summed E-state index contributed by atoms with van der Waals surface area (Å²) in [6.07, 6.45) is 5.64. The number of rotatable bonds is 9. The molecule has 0 aliphatic heterocycles. The van der Waals surface area contributed by atoms with Gasteiger partial charge in [-0.3, -0.25) is 4.98 Å². The van der Waals surface area contributed by atoms with Crippen molar-refractivity contribution in [2.75, 3.05) is 32.2 Å². The first-order valence-electron chi connectivity index (χ1n) is 8.75. The van der Waals surface area contributed by atoms with Gasteiger partial charge in [-0.05, 0) is 24.6 Å². The molecule has 0 saturated carbocycles. The number of anilines is 1. The minimum absolute atomic E-state index is 0.400. The number of methoxy groups -OCH3 is 1. The molecular weight excluding hydrogens is 346 g/mol. The number of ether oxygens (including phenoxy) is 2. The summed E-state index contributed by atoms with van der Waals surface area (Å²) in [5.74, 6) is 0.307. The molecule has 27 heavy (non-hydrogen) atoms. The van der Waals surface area contributed by atoms with Crippen LogP contribution in [0.2, 0.25) is 0 Å². The van der Waals surface area contributed by atoms with Gasteiger partial charge < -0.3 is 19.6 Å². The van der Waals surface area contributed by atoms with E-state index < -0.39 is 5.97 Å². The second-order valence-electron chi connectivity index (χ2n) is 5.95. The van der Waals surface area contributed by atoms with E-state index in [1.54, 1.807) is 24.5 Å². The van der Waals surface area contributed by atoms with E-state index in [0.29, 0.717) is 43.1 Å². The van der Waals surface area contributed by atoms with Crippen LogP contribution in [0.3, 0.4) is 0 Å². The van der Waals surface area contributed by atoms with Gasteiger partial charge in [0.25, 0.3) is 0 Å². The Balaban J connectivity index is 1.84. The normalized spacial score (nSPS) is 10.9. The Kier molecular flexibility index (Phi) is 6.27. The Hall–Kier alpha value is -3.06. The third-order valence-electron chi connectivity index (χ3n) is 4.17. The zero-order valence-corrected chi connectivity index (χ0v) is 15.1. The van der Waals surface area contributed by atoms with E-state index in [1.807, 2.05) is 12.1 Å². The molecule has 7 heteroatoms. The van der Waals surface area contributed by atoms with Crippen LogP contribution in [-0.4, -0.2) is 49.1 Å². The number of carbonyl (C=O) groups is 2. The number of nitrogens with one attached hydrogen (secondary N) is 1. The standard InChI is InChI=1S/C20H21N3O4/c1-26-20(25)14-4-5-15-17-13-21-7-6-16(17)19(23-18(15)12-14)22-8-11-27-10-3-2-9-24/h4-7,9,12-13H,2-3,8,10-11H2,1H3,(H,22,23). The van der Waals surface area contributed by atoms with Crippen molar-refractivity contribution >= 4 is 39.7 Å². The molecule has 2 aromatic heterocycles. The van der Waals surface area contributed by atoms with Crippen molar-refractivity contribution in [1.82, 2.24) is 9.97 Å². The number of benzene rings is 1. The molecule has 0 aliphatic rings. The van der Waals surface area contributed by atoms with Gasteiger partial charge in [-0.25, -0.2) is 9.78 Å². The fourth-order valence-corrected chi connectivity index (χ4v) is 2.84. The van der Waals surface area contributed by atoms with Gasteiger partial charge in [0.1, 0.15) is 12.1 Å². The third kappa shape index (κ3) is 4.38. The van der Waals surface area contributed by atoms with Crippen LogP contribution >= 0.6 is 0 Å². The van der Waals surface area contributed by atoms with E-state index >= 15 is 0 Å². The van der Waals surface area contributed by atoms with E-state index in [9.17, 15) is 9.59 Å². The van der Waals surface area contributed by atoms with Crippen molar-refractivity contribution in [3.8, 4) is 0 Å². The number of pyridine rings is 2. The molecule has 3 rings (SSSR count). The molecule has 0 fully saturated rings. The topological polar surface area (TPSA) is 90.4 Å². The largest absolute Gasteiger partial charge is 0.465 e. The van der Waals surface area contributed by atoms with Crippen molar-refractivity contribution in [1.29, 1.82) is 0 Å². The highest BCUT2D eigenvalue weighted by Gasteiger charge is 2.12. The summed E-state index contributed by atoms with van der Waals surface area (Å²) < 4.78 is 10.3. The molecule has 1 aromatic carbocycles. The average Bonchev–Trinajstić information content (AvgIpc) is 2.72. The molecule has 3 aromatic rings. The maximum absolute atomic E-state index is 11.8. The molecule has 0 bridgehead atoms. The first-order valence-corrected chi connectivity index (χ1v) is 8.75. The second-order valence-corrected chi connectivity index (χ2v) is 5.95. The summed E-state index contributed by atoms with van der Waals surface area (Å²) in [4.78, 5) is 31.0. The SMILES string of the molecule is COC(=O)c1ccc2c(c1)nc(NCCOCCCC=O)c1ccncc12. The number of aldehydes is 1. The van der Waals surface area contributed by atoms with Gasteiger partial charge in [0, 0.05) is 48.1 Å². The number of aromatic nitrogens is 2. The van der Waals surface area contributed by atoms with Gasteiger partial charge in [-0.1, -0.05) is 6.07 Å². The van der Waals surface area contributed by atoms with Gasteiger partial charge in [-0.2, -0.15) is 0 Å². The van der Waals surface area contributed by atoms with Gasteiger partial charge in [0.15, 0.2) is 0 Å². The highest BCUT2D eigenvalue weighted by Crippen LogP contribution is 2.29. The summed E-state index contributed by atoms with van der Waals surface area (Å²) in [5, 5.41) is 6.10. The Bertz CT molecular complexity index is 959. The third-order valence-corrected chi connectivity index (χ3v) is 4.17. The summed E-state index contributed by atoms with van der Waals surface area (Å²) in [7, 11) is 1.35. The molecule has 0 spiro atoms. The number of fused-ring (bicyclic) bond motifs is 3. The number of carbonyl (C=O) groups excluding carboxylic acids is 2. The number of nitrogens with zero attached hydrogens (tertiary/aromatic N) is 2. The van der Waals surface area contributed by atoms with Crippen LogP contribution < -0.4 is 5.32 Å². The van der Waals surface area contributed by atoms with Crippen molar-refractivity contribution in [3.63, 3.8) is 0 Å². The molecule has 1 N–H and O–H groups in total. The smallest absolute Gasteiger partial charge is 0.337 e. The van der Waals surface area contributed by atoms with Crippen molar-refractivity contribution in [2.45, 2.75) is 12.8 Å². The minimum atomic E-state index is -0.400. The Labute approximate surface area is 156 Å². The fourth-order valence-electron chi connectivity index (χ4n) is 2.84. The Morgan fingerprint density at radius 2 is 2.07 bits per heavy atom. The zero-order chi connectivity index (χ0) is 19.1. The van der Waals surface area contributed by atoms with Crippen LogP contribution in [0.25, 0.3) is 21.7 Å². The molecule has 0 radical (unpaired) electrons. The van der Waals surface area contributed by atoms with Gasteiger partial charge in [0.2, 0.25) is 0 Å².